The number of carbonyl (C=O) groups is 1. The maximum absolute atomic E-state index is 11.7. The van der Waals surface area contributed by atoms with Crippen LogP contribution in [0.15, 0.2) is 18.2 Å². The van der Waals surface area contributed by atoms with E-state index in [2.05, 4.69) is 5.32 Å². The third-order valence-corrected chi connectivity index (χ3v) is 2.68. The predicted octanol–water partition coefficient (Wildman–Crippen LogP) is 1.86. The van der Waals surface area contributed by atoms with Gasteiger partial charge in [0, 0.05) is 19.3 Å². The monoisotopic (exact) mass is 220 g/mol. The van der Waals surface area contributed by atoms with Gasteiger partial charge in [0.05, 0.1) is 5.69 Å². The second-order valence-corrected chi connectivity index (χ2v) is 3.87. The number of nitrogens with one attached hydrogen (secondary N) is 1. The molecule has 86 valence electrons. The summed E-state index contributed by atoms with van der Waals surface area (Å²) in [6, 6.07) is 5.79. The molecule has 16 heavy (non-hydrogen) atoms. The van der Waals surface area contributed by atoms with E-state index in [1.165, 1.54) is 0 Å². The van der Waals surface area contributed by atoms with Crippen molar-refractivity contribution in [3.63, 3.8) is 0 Å². The molecule has 0 bridgehead atoms. The Bertz CT molecular complexity index is 417. The first-order valence-electron chi connectivity index (χ1n) is 5.45. The smallest absolute Gasteiger partial charge is 0.267 e. The largest absolute Gasteiger partial charge is 0.479 e. The lowest BCUT2D eigenvalue weighted by molar-refractivity contribution is -0.125. The molecule has 1 N–H and O–H groups in total. The fraction of sp³-hybridized carbons (Fsp3) is 0.417. The van der Waals surface area contributed by atoms with E-state index in [9.17, 15) is 4.79 Å². The van der Waals surface area contributed by atoms with E-state index in [0.717, 1.165) is 23.7 Å². The van der Waals surface area contributed by atoms with Crippen molar-refractivity contribution in [1.29, 1.82) is 0 Å². The van der Waals surface area contributed by atoms with Crippen molar-refractivity contribution in [2.45, 2.75) is 20.0 Å². The zero-order chi connectivity index (χ0) is 11.7. The molecule has 0 aliphatic carbocycles. The topological polar surface area (TPSA) is 41.6 Å². The summed E-state index contributed by atoms with van der Waals surface area (Å²) in [5, 5.41) is 3.21. The molecule has 1 aromatic rings. The van der Waals surface area contributed by atoms with Gasteiger partial charge in [0.25, 0.3) is 5.91 Å². The third kappa shape index (κ3) is 1.71. The molecule has 1 amide bonds. The summed E-state index contributed by atoms with van der Waals surface area (Å²) in [6.07, 6.45) is -0.400. The van der Waals surface area contributed by atoms with Crippen molar-refractivity contribution >= 4 is 17.3 Å². The van der Waals surface area contributed by atoms with Gasteiger partial charge in [-0.15, -0.1) is 0 Å². The van der Waals surface area contributed by atoms with E-state index in [1.807, 2.05) is 25.1 Å². The van der Waals surface area contributed by atoms with Crippen LogP contribution >= 0.6 is 0 Å². The van der Waals surface area contributed by atoms with E-state index in [1.54, 1.807) is 18.9 Å². The van der Waals surface area contributed by atoms with Crippen molar-refractivity contribution in [2.24, 2.45) is 0 Å². The Balaban J connectivity index is 2.38. The lowest BCUT2D eigenvalue weighted by Gasteiger charge is -2.30. The first kappa shape index (κ1) is 10.8. The number of hydrogen-bond acceptors (Lipinski definition) is 3. The molecule has 1 heterocycles. The molecule has 0 fully saturated rings. The molecule has 2 rings (SSSR count). The van der Waals surface area contributed by atoms with Gasteiger partial charge in [0.2, 0.25) is 0 Å². The first-order chi connectivity index (χ1) is 7.63. The van der Waals surface area contributed by atoms with Crippen LogP contribution in [0.2, 0.25) is 0 Å². The quantitative estimate of drug-likeness (QED) is 0.827. The number of ether oxygens (including phenoxy) is 1. The van der Waals surface area contributed by atoms with Gasteiger partial charge >= 0.3 is 0 Å². The highest BCUT2D eigenvalue weighted by atomic mass is 16.5. The Hall–Kier alpha value is -1.71. The van der Waals surface area contributed by atoms with Crippen LogP contribution in [0.4, 0.5) is 11.4 Å². The molecule has 1 unspecified atom stereocenters. The number of benzene rings is 1. The van der Waals surface area contributed by atoms with Crippen molar-refractivity contribution < 1.29 is 9.53 Å². The number of carbonyl (C=O) groups excluding carboxylic acids is 1. The van der Waals surface area contributed by atoms with Crippen molar-refractivity contribution in [3.05, 3.63) is 18.2 Å². The van der Waals surface area contributed by atoms with Crippen molar-refractivity contribution in [1.82, 2.24) is 0 Å². The van der Waals surface area contributed by atoms with E-state index >= 15 is 0 Å². The standard InChI is InChI=1S/C12H16N2O2/c1-4-13-9-5-6-11-10(7-9)14(3)12(15)8(2)16-11/h5-8,13H,4H2,1-3H3. The number of amides is 1. The summed E-state index contributed by atoms with van der Waals surface area (Å²) in [6.45, 7) is 4.65. The molecule has 1 atom stereocenters. The van der Waals surface area contributed by atoms with E-state index < -0.39 is 6.10 Å². The highest BCUT2D eigenvalue weighted by Gasteiger charge is 2.28. The molecule has 0 spiro atoms. The number of fused-ring (bicyclic) bond motifs is 1. The van der Waals surface area contributed by atoms with Crippen molar-refractivity contribution in [2.75, 3.05) is 23.8 Å². The Morgan fingerprint density at radius 2 is 2.25 bits per heavy atom. The number of nitrogens with zero attached hydrogens (tertiary/aromatic N) is 1. The summed E-state index contributed by atoms with van der Waals surface area (Å²) >= 11 is 0. The van der Waals surface area contributed by atoms with Crippen LogP contribution in [0.5, 0.6) is 5.75 Å². The molecule has 1 aromatic carbocycles. The van der Waals surface area contributed by atoms with E-state index in [0.29, 0.717) is 0 Å². The summed E-state index contributed by atoms with van der Waals surface area (Å²) in [5.41, 5.74) is 1.82. The lowest BCUT2D eigenvalue weighted by Crippen LogP contribution is -2.41. The van der Waals surface area contributed by atoms with Crippen LogP contribution < -0.4 is 15.0 Å². The second-order valence-electron chi connectivity index (χ2n) is 3.87. The molecule has 4 heteroatoms. The molecular weight excluding hydrogens is 204 g/mol. The predicted molar refractivity (Wildman–Crippen MR) is 64.1 cm³/mol. The van der Waals surface area contributed by atoms with Gasteiger partial charge in [0.1, 0.15) is 5.75 Å². The molecule has 0 saturated heterocycles. The van der Waals surface area contributed by atoms with Gasteiger partial charge in [-0.1, -0.05) is 0 Å². The van der Waals surface area contributed by atoms with Crippen LogP contribution in [0.1, 0.15) is 13.8 Å². The molecule has 1 aliphatic rings. The zero-order valence-electron chi connectivity index (χ0n) is 9.78. The summed E-state index contributed by atoms with van der Waals surface area (Å²) in [5.74, 6) is 0.748. The number of likely N-dealkylation sites (N-methyl/N-ethyl adjacent to an activating group) is 1. The van der Waals surface area contributed by atoms with Gasteiger partial charge in [-0.05, 0) is 32.0 Å². The van der Waals surface area contributed by atoms with Crippen LogP contribution in [0.3, 0.4) is 0 Å². The minimum Gasteiger partial charge on any atom is -0.479 e. The SMILES string of the molecule is CCNc1ccc2c(c1)N(C)C(=O)C(C)O2. The zero-order valence-corrected chi connectivity index (χ0v) is 9.78. The Labute approximate surface area is 95.2 Å². The molecule has 1 aliphatic heterocycles. The molecule has 4 nitrogen and oxygen atoms in total. The Morgan fingerprint density at radius 3 is 2.94 bits per heavy atom. The van der Waals surface area contributed by atoms with E-state index in [-0.39, 0.29) is 5.91 Å². The summed E-state index contributed by atoms with van der Waals surface area (Å²) in [7, 11) is 1.77. The average molecular weight is 220 g/mol. The third-order valence-electron chi connectivity index (χ3n) is 2.68. The van der Waals surface area contributed by atoms with Crippen LogP contribution in [-0.4, -0.2) is 25.6 Å². The molecule has 0 radical (unpaired) electrons. The van der Waals surface area contributed by atoms with Crippen LogP contribution in [0.25, 0.3) is 0 Å². The van der Waals surface area contributed by atoms with Gasteiger partial charge in [0.15, 0.2) is 6.10 Å². The lowest BCUT2D eigenvalue weighted by atomic mass is 10.2. The number of rotatable bonds is 2. The minimum absolute atomic E-state index is 0.0128. The van der Waals surface area contributed by atoms with Crippen LogP contribution in [-0.2, 0) is 4.79 Å². The number of hydrogen-bond donors (Lipinski definition) is 1. The minimum atomic E-state index is -0.400. The second kappa shape index (κ2) is 4.04. The highest BCUT2D eigenvalue weighted by Crippen LogP contribution is 2.35. The normalized spacial score (nSPS) is 19.1. The van der Waals surface area contributed by atoms with Crippen molar-refractivity contribution in [3.8, 4) is 5.75 Å². The van der Waals surface area contributed by atoms with Gasteiger partial charge in [-0.2, -0.15) is 0 Å². The van der Waals surface area contributed by atoms with Crippen LogP contribution in [0, 0.1) is 0 Å². The summed E-state index contributed by atoms with van der Waals surface area (Å²) in [4.78, 5) is 13.4. The molecular formula is C12H16N2O2. The fourth-order valence-electron chi connectivity index (χ4n) is 1.83. The number of anilines is 2. The van der Waals surface area contributed by atoms with Gasteiger partial charge in [-0.3, -0.25) is 4.79 Å². The highest BCUT2D eigenvalue weighted by molar-refractivity contribution is 5.99. The molecule has 0 saturated carbocycles. The molecule has 0 aromatic heterocycles. The summed E-state index contributed by atoms with van der Waals surface area (Å²) < 4.78 is 5.53. The fourth-order valence-corrected chi connectivity index (χ4v) is 1.83. The first-order valence-corrected chi connectivity index (χ1v) is 5.45. The Morgan fingerprint density at radius 1 is 1.50 bits per heavy atom. The van der Waals surface area contributed by atoms with E-state index in [4.69, 9.17) is 4.74 Å². The van der Waals surface area contributed by atoms with Gasteiger partial charge in [-0.25, -0.2) is 0 Å². The maximum atomic E-state index is 11.7. The average Bonchev–Trinajstić information content (AvgIpc) is 2.28. The Kier molecular flexibility index (Phi) is 2.73. The van der Waals surface area contributed by atoms with Gasteiger partial charge < -0.3 is 15.0 Å². The maximum Gasteiger partial charge on any atom is 0.267 e.